The number of hydrogen-bond acceptors (Lipinski definition) is 3. The van der Waals surface area contributed by atoms with Crippen LogP contribution < -0.4 is 10.1 Å². The van der Waals surface area contributed by atoms with Gasteiger partial charge in [0.05, 0.1) is 5.69 Å². The summed E-state index contributed by atoms with van der Waals surface area (Å²) < 4.78 is 7.15. The van der Waals surface area contributed by atoms with Crippen molar-refractivity contribution >= 4 is 27.5 Å². The van der Waals surface area contributed by atoms with Crippen molar-refractivity contribution in [2.45, 2.75) is 52.1 Å². The summed E-state index contributed by atoms with van der Waals surface area (Å²) >= 11 is 3.51. The summed E-state index contributed by atoms with van der Waals surface area (Å²) in [5, 5.41) is 3.21. The fourth-order valence-electron chi connectivity index (χ4n) is 4.08. The van der Waals surface area contributed by atoms with Gasteiger partial charge >= 0.3 is 0 Å². The summed E-state index contributed by atoms with van der Waals surface area (Å²) in [4.78, 5) is 18.2. The van der Waals surface area contributed by atoms with Crippen molar-refractivity contribution in [1.82, 2.24) is 4.98 Å². The number of ether oxygens (including phenoxy) is 1. The molecule has 0 bridgehead atoms. The highest BCUT2D eigenvalue weighted by Crippen LogP contribution is 2.37. The van der Waals surface area contributed by atoms with Crippen molar-refractivity contribution in [2.24, 2.45) is 0 Å². The van der Waals surface area contributed by atoms with Crippen molar-refractivity contribution in [3.63, 3.8) is 0 Å². The molecule has 0 spiro atoms. The molecule has 1 amide bonds. The molecule has 0 fully saturated rings. The number of anilines is 1. The Morgan fingerprint density at radius 1 is 1.03 bits per heavy atom. The lowest BCUT2D eigenvalue weighted by atomic mass is 9.92. The first-order valence-electron chi connectivity index (χ1n) is 10.7. The van der Waals surface area contributed by atoms with E-state index in [1.165, 1.54) is 0 Å². The van der Waals surface area contributed by atoms with Crippen LogP contribution in [0.2, 0.25) is 0 Å². The molecule has 5 heteroatoms. The molecular formula is C26H27BrN2O2. The maximum absolute atomic E-state index is 13.6. The van der Waals surface area contributed by atoms with E-state index >= 15 is 0 Å². The Bertz CT molecular complexity index is 1100. The van der Waals surface area contributed by atoms with E-state index in [1.807, 2.05) is 30.3 Å². The number of carbonyl (C=O) groups excluding carboxylic acids is 1. The van der Waals surface area contributed by atoms with E-state index in [1.54, 1.807) is 6.20 Å². The maximum Gasteiger partial charge on any atom is 0.271 e. The van der Waals surface area contributed by atoms with Gasteiger partial charge in [0.1, 0.15) is 5.75 Å². The Kier molecular flexibility index (Phi) is 6.15. The molecule has 31 heavy (non-hydrogen) atoms. The Morgan fingerprint density at radius 2 is 1.71 bits per heavy atom. The topological polar surface area (TPSA) is 51.2 Å². The average molecular weight is 479 g/mol. The second-order valence-electron chi connectivity index (χ2n) is 8.59. The van der Waals surface area contributed by atoms with Gasteiger partial charge in [-0.25, -0.2) is 0 Å². The van der Waals surface area contributed by atoms with Crippen molar-refractivity contribution in [1.29, 1.82) is 0 Å². The van der Waals surface area contributed by atoms with Gasteiger partial charge < -0.3 is 10.1 Å². The number of amides is 1. The van der Waals surface area contributed by atoms with E-state index in [-0.39, 0.29) is 17.7 Å². The molecule has 1 N–H and O–H groups in total. The van der Waals surface area contributed by atoms with Crippen LogP contribution in [0, 0.1) is 0 Å². The Balaban J connectivity index is 1.77. The molecule has 0 aliphatic carbocycles. The smallest absolute Gasteiger partial charge is 0.271 e. The van der Waals surface area contributed by atoms with E-state index in [0.29, 0.717) is 12.1 Å². The van der Waals surface area contributed by atoms with Crippen LogP contribution in [-0.4, -0.2) is 10.9 Å². The number of halogens is 1. The second-order valence-corrected chi connectivity index (χ2v) is 9.51. The van der Waals surface area contributed by atoms with E-state index in [2.05, 4.69) is 72.1 Å². The first kappa shape index (κ1) is 21.6. The quantitative estimate of drug-likeness (QED) is 0.450. The molecule has 1 aliphatic rings. The van der Waals surface area contributed by atoms with Crippen LogP contribution in [0.3, 0.4) is 0 Å². The van der Waals surface area contributed by atoms with Crippen LogP contribution in [0.25, 0.3) is 0 Å². The molecule has 3 aromatic rings. The maximum atomic E-state index is 13.6. The lowest BCUT2D eigenvalue weighted by Crippen LogP contribution is -2.28. The molecule has 1 atom stereocenters. The van der Waals surface area contributed by atoms with Crippen molar-refractivity contribution < 1.29 is 9.53 Å². The standard InChI is InChI=1S/C26H27BrN2O2/c1-15(2)20-9-7-10-21(16(3)4)24(20)29-26(30)25-23-18(13-19(27)14-28-23)12-17-8-5-6-11-22(17)31-25/h5-11,13-16,25H,12H2,1-4H3,(H,29,30). The molecule has 4 rings (SSSR count). The summed E-state index contributed by atoms with van der Waals surface area (Å²) in [6.07, 6.45) is 1.56. The van der Waals surface area contributed by atoms with E-state index < -0.39 is 6.10 Å². The lowest BCUT2D eigenvalue weighted by Gasteiger charge is -2.23. The summed E-state index contributed by atoms with van der Waals surface area (Å²) in [5.74, 6) is 1.08. The zero-order valence-corrected chi connectivity index (χ0v) is 19.9. The summed E-state index contributed by atoms with van der Waals surface area (Å²) in [6, 6.07) is 16.1. The predicted molar refractivity (Wildman–Crippen MR) is 128 cm³/mol. The number of para-hydroxylation sites is 2. The van der Waals surface area contributed by atoms with Crippen LogP contribution in [0.15, 0.2) is 59.2 Å². The van der Waals surface area contributed by atoms with Crippen molar-refractivity contribution in [2.75, 3.05) is 5.32 Å². The Hall–Kier alpha value is -2.66. The molecular weight excluding hydrogens is 452 g/mol. The number of fused-ring (bicyclic) bond motifs is 2. The monoisotopic (exact) mass is 478 g/mol. The number of hydrogen-bond donors (Lipinski definition) is 1. The van der Waals surface area contributed by atoms with E-state index in [4.69, 9.17) is 4.74 Å². The summed E-state index contributed by atoms with van der Waals surface area (Å²) in [6.45, 7) is 8.56. The van der Waals surface area contributed by atoms with Gasteiger partial charge in [0.25, 0.3) is 5.91 Å². The fourth-order valence-corrected chi connectivity index (χ4v) is 4.46. The predicted octanol–water partition coefficient (Wildman–Crippen LogP) is 6.75. The third kappa shape index (κ3) is 4.38. The number of aromatic nitrogens is 1. The average Bonchev–Trinajstić information content (AvgIpc) is 2.89. The highest BCUT2D eigenvalue weighted by molar-refractivity contribution is 9.10. The van der Waals surface area contributed by atoms with Crippen LogP contribution in [0.1, 0.15) is 73.6 Å². The van der Waals surface area contributed by atoms with Crippen LogP contribution in [0.5, 0.6) is 5.75 Å². The molecule has 0 saturated carbocycles. The number of rotatable bonds is 4. The largest absolute Gasteiger partial charge is 0.474 e. The molecule has 0 radical (unpaired) electrons. The van der Waals surface area contributed by atoms with Crippen LogP contribution in [-0.2, 0) is 11.2 Å². The SMILES string of the molecule is CC(C)c1cccc(C(C)C)c1NC(=O)C1Oc2ccccc2Cc2cc(Br)cnc21. The number of nitrogens with zero attached hydrogens (tertiary/aromatic N) is 1. The minimum atomic E-state index is -0.827. The highest BCUT2D eigenvalue weighted by atomic mass is 79.9. The van der Waals surface area contributed by atoms with Gasteiger partial charge in [-0.05, 0) is 62.2 Å². The molecule has 2 aromatic carbocycles. The van der Waals surface area contributed by atoms with Crippen LogP contribution in [0.4, 0.5) is 5.69 Å². The Labute approximate surface area is 192 Å². The minimum absolute atomic E-state index is 0.206. The number of nitrogens with one attached hydrogen (secondary N) is 1. The highest BCUT2D eigenvalue weighted by Gasteiger charge is 2.32. The molecule has 0 saturated heterocycles. The first-order chi connectivity index (χ1) is 14.8. The van der Waals surface area contributed by atoms with Crippen LogP contribution >= 0.6 is 15.9 Å². The fraction of sp³-hybridized carbons (Fsp3) is 0.308. The molecule has 1 aliphatic heterocycles. The normalized spacial score (nSPS) is 15.1. The zero-order chi connectivity index (χ0) is 22.1. The minimum Gasteiger partial charge on any atom is -0.474 e. The number of carbonyl (C=O) groups is 1. The number of benzene rings is 2. The third-order valence-electron chi connectivity index (χ3n) is 5.67. The third-order valence-corrected chi connectivity index (χ3v) is 6.11. The van der Waals surface area contributed by atoms with Gasteiger partial charge in [0.15, 0.2) is 0 Å². The molecule has 1 unspecified atom stereocenters. The van der Waals surface area contributed by atoms with Gasteiger partial charge in [-0.15, -0.1) is 0 Å². The molecule has 4 nitrogen and oxygen atoms in total. The van der Waals surface area contributed by atoms with Gasteiger partial charge in [0, 0.05) is 22.8 Å². The zero-order valence-electron chi connectivity index (χ0n) is 18.3. The van der Waals surface area contributed by atoms with Gasteiger partial charge in [-0.3, -0.25) is 9.78 Å². The van der Waals surface area contributed by atoms with Gasteiger partial charge in [-0.1, -0.05) is 64.1 Å². The summed E-state index contributed by atoms with van der Waals surface area (Å²) in [7, 11) is 0. The summed E-state index contributed by atoms with van der Waals surface area (Å²) in [5.41, 5.74) is 5.82. The van der Waals surface area contributed by atoms with Gasteiger partial charge in [-0.2, -0.15) is 0 Å². The van der Waals surface area contributed by atoms with E-state index in [9.17, 15) is 4.79 Å². The molecule has 1 aromatic heterocycles. The van der Waals surface area contributed by atoms with E-state index in [0.717, 1.165) is 38.2 Å². The molecule has 160 valence electrons. The van der Waals surface area contributed by atoms with Gasteiger partial charge in [0.2, 0.25) is 6.10 Å². The lowest BCUT2D eigenvalue weighted by molar-refractivity contribution is -0.123. The Morgan fingerprint density at radius 3 is 2.39 bits per heavy atom. The molecule has 2 heterocycles. The number of pyridine rings is 1. The van der Waals surface area contributed by atoms with Crippen molar-refractivity contribution in [3.05, 3.63) is 87.1 Å². The first-order valence-corrected chi connectivity index (χ1v) is 11.5. The second kappa shape index (κ2) is 8.83. The van der Waals surface area contributed by atoms with Crippen molar-refractivity contribution in [3.8, 4) is 5.75 Å².